The number of carbonyl (C=O) groups excluding carboxylic acids is 1. The first-order valence-corrected chi connectivity index (χ1v) is 8.62. The third-order valence-corrected chi connectivity index (χ3v) is 4.95. The highest BCUT2D eigenvalue weighted by molar-refractivity contribution is 7.90. The first-order chi connectivity index (χ1) is 9.41. The van der Waals surface area contributed by atoms with Crippen LogP contribution in [0.5, 0.6) is 0 Å². The van der Waals surface area contributed by atoms with Crippen molar-refractivity contribution in [3.63, 3.8) is 0 Å². The van der Waals surface area contributed by atoms with Gasteiger partial charge in [-0.05, 0) is 49.6 Å². The van der Waals surface area contributed by atoms with E-state index in [1.165, 1.54) is 24.3 Å². The van der Waals surface area contributed by atoms with Gasteiger partial charge in [0.15, 0.2) is 9.84 Å². The molecule has 1 aliphatic carbocycles. The standard InChI is InChI=1S/C14H20N2O3S.ClH/c1-20(18,19)12-7-5-10(6-8-12)14(17)16-13-4-2-3-11(13)9-15;/h5-8,11,13H,2-4,9,15H2,1H3,(H,16,17);1H. The molecule has 1 aromatic rings. The molecule has 2 unspecified atom stereocenters. The second kappa shape index (κ2) is 7.24. The number of nitrogens with two attached hydrogens (primary N) is 1. The number of hydrogen-bond donors (Lipinski definition) is 2. The number of benzene rings is 1. The van der Waals surface area contributed by atoms with Crippen molar-refractivity contribution in [2.45, 2.75) is 30.2 Å². The second-order valence-electron chi connectivity index (χ2n) is 5.30. The molecular weight excluding hydrogens is 312 g/mol. The average Bonchev–Trinajstić information content (AvgIpc) is 2.85. The summed E-state index contributed by atoms with van der Waals surface area (Å²) in [6, 6.07) is 6.12. The minimum Gasteiger partial charge on any atom is -0.349 e. The second-order valence-corrected chi connectivity index (χ2v) is 7.32. The molecule has 0 aliphatic heterocycles. The Labute approximate surface area is 131 Å². The number of carbonyl (C=O) groups is 1. The first kappa shape index (κ1) is 17.9. The van der Waals surface area contributed by atoms with Crippen molar-refractivity contribution in [1.29, 1.82) is 0 Å². The Balaban J connectivity index is 0.00000220. The molecule has 118 valence electrons. The molecule has 0 heterocycles. The summed E-state index contributed by atoms with van der Waals surface area (Å²) in [5, 5.41) is 2.99. The minimum atomic E-state index is -3.23. The largest absolute Gasteiger partial charge is 0.349 e. The fourth-order valence-corrected chi connectivity index (χ4v) is 3.24. The molecule has 1 fully saturated rings. The third-order valence-electron chi connectivity index (χ3n) is 3.82. The molecular formula is C14H21ClN2O3S. The predicted octanol–water partition coefficient (Wildman–Crippen LogP) is 1.37. The van der Waals surface area contributed by atoms with Crippen LogP contribution in [-0.2, 0) is 9.84 Å². The van der Waals surface area contributed by atoms with Crippen LogP contribution < -0.4 is 11.1 Å². The van der Waals surface area contributed by atoms with Crippen molar-refractivity contribution in [3.05, 3.63) is 29.8 Å². The van der Waals surface area contributed by atoms with Crippen LogP contribution in [-0.4, -0.2) is 33.2 Å². The van der Waals surface area contributed by atoms with Crippen LogP contribution in [0.15, 0.2) is 29.2 Å². The van der Waals surface area contributed by atoms with Gasteiger partial charge in [0, 0.05) is 17.9 Å². The van der Waals surface area contributed by atoms with E-state index in [0.717, 1.165) is 25.5 Å². The average molecular weight is 333 g/mol. The Hall–Kier alpha value is -1.11. The Morgan fingerprint density at radius 1 is 1.29 bits per heavy atom. The number of halogens is 1. The summed E-state index contributed by atoms with van der Waals surface area (Å²) < 4.78 is 22.7. The fraction of sp³-hybridized carbons (Fsp3) is 0.500. The van der Waals surface area contributed by atoms with Gasteiger partial charge >= 0.3 is 0 Å². The van der Waals surface area contributed by atoms with Crippen molar-refractivity contribution in [1.82, 2.24) is 5.32 Å². The van der Waals surface area contributed by atoms with E-state index in [2.05, 4.69) is 5.32 Å². The van der Waals surface area contributed by atoms with Gasteiger partial charge in [-0.15, -0.1) is 12.4 Å². The van der Waals surface area contributed by atoms with Crippen LogP contribution in [0.3, 0.4) is 0 Å². The van der Waals surface area contributed by atoms with Crippen LogP contribution in [0.2, 0.25) is 0 Å². The fourth-order valence-electron chi connectivity index (χ4n) is 2.61. The van der Waals surface area contributed by atoms with Crippen molar-refractivity contribution in [2.24, 2.45) is 11.7 Å². The summed E-state index contributed by atoms with van der Waals surface area (Å²) in [5.74, 6) is 0.171. The Morgan fingerprint density at radius 2 is 1.90 bits per heavy atom. The molecule has 0 saturated heterocycles. The maximum Gasteiger partial charge on any atom is 0.251 e. The molecule has 1 aromatic carbocycles. The highest BCUT2D eigenvalue weighted by atomic mass is 35.5. The number of nitrogens with one attached hydrogen (secondary N) is 1. The summed E-state index contributed by atoms with van der Waals surface area (Å²) in [6.07, 6.45) is 4.23. The zero-order valence-corrected chi connectivity index (χ0v) is 13.5. The normalized spacial score (nSPS) is 21.6. The van der Waals surface area contributed by atoms with Gasteiger partial charge in [0.25, 0.3) is 5.91 Å². The van der Waals surface area contributed by atoms with Gasteiger partial charge < -0.3 is 11.1 Å². The quantitative estimate of drug-likeness (QED) is 0.871. The molecule has 0 aromatic heterocycles. The Bertz CT molecular complexity index is 587. The monoisotopic (exact) mass is 332 g/mol. The summed E-state index contributed by atoms with van der Waals surface area (Å²) in [4.78, 5) is 12.3. The van der Waals surface area contributed by atoms with Crippen LogP contribution in [0.1, 0.15) is 29.6 Å². The number of rotatable bonds is 4. The third kappa shape index (κ3) is 4.43. The number of sulfone groups is 1. The van der Waals surface area contributed by atoms with Gasteiger partial charge in [-0.2, -0.15) is 0 Å². The van der Waals surface area contributed by atoms with E-state index in [-0.39, 0.29) is 29.3 Å². The van der Waals surface area contributed by atoms with Gasteiger partial charge in [0.1, 0.15) is 0 Å². The highest BCUT2D eigenvalue weighted by Crippen LogP contribution is 2.24. The molecule has 5 nitrogen and oxygen atoms in total. The zero-order chi connectivity index (χ0) is 14.8. The van der Waals surface area contributed by atoms with Crippen LogP contribution in [0.4, 0.5) is 0 Å². The molecule has 0 radical (unpaired) electrons. The number of hydrogen-bond acceptors (Lipinski definition) is 4. The molecule has 1 aliphatic rings. The molecule has 2 atom stereocenters. The van der Waals surface area contributed by atoms with E-state index in [1.54, 1.807) is 0 Å². The Morgan fingerprint density at radius 3 is 2.43 bits per heavy atom. The van der Waals surface area contributed by atoms with Gasteiger partial charge in [-0.1, -0.05) is 6.42 Å². The van der Waals surface area contributed by atoms with Gasteiger partial charge in [-0.3, -0.25) is 4.79 Å². The lowest BCUT2D eigenvalue weighted by molar-refractivity contribution is 0.0928. The summed E-state index contributed by atoms with van der Waals surface area (Å²) >= 11 is 0. The molecule has 3 N–H and O–H groups in total. The van der Waals surface area contributed by atoms with Crippen molar-refractivity contribution in [3.8, 4) is 0 Å². The van der Waals surface area contributed by atoms with E-state index in [1.807, 2.05) is 0 Å². The number of amides is 1. The molecule has 1 amide bonds. The van der Waals surface area contributed by atoms with E-state index in [9.17, 15) is 13.2 Å². The van der Waals surface area contributed by atoms with Crippen molar-refractivity contribution < 1.29 is 13.2 Å². The predicted molar refractivity (Wildman–Crippen MR) is 84.4 cm³/mol. The molecule has 7 heteroatoms. The molecule has 2 rings (SSSR count). The zero-order valence-electron chi connectivity index (χ0n) is 11.9. The summed E-state index contributed by atoms with van der Waals surface area (Å²) in [5.41, 5.74) is 6.16. The summed E-state index contributed by atoms with van der Waals surface area (Å²) in [6.45, 7) is 0.581. The van der Waals surface area contributed by atoms with Crippen molar-refractivity contribution >= 4 is 28.2 Å². The van der Waals surface area contributed by atoms with Gasteiger partial charge in [0.2, 0.25) is 0 Å². The van der Waals surface area contributed by atoms with Gasteiger partial charge in [0.05, 0.1) is 4.90 Å². The lowest BCUT2D eigenvalue weighted by Crippen LogP contribution is -2.39. The Kier molecular flexibility index (Phi) is 6.19. The molecule has 21 heavy (non-hydrogen) atoms. The van der Waals surface area contributed by atoms with Gasteiger partial charge in [-0.25, -0.2) is 8.42 Å². The van der Waals surface area contributed by atoms with E-state index >= 15 is 0 Å². The minimum absolute atomic E-state index is 0. The lowest BCUT2D eigenvalue weighted by atomic mass is 10.0. The van der Waals surface area contributed by atoms with Crippen LogP contribution in [0, 0.1) is 5.92 Å². The topological polar surface area (TPSA) is 89.3 Å². The first-order valence-electron chi connectivity index (χ1n) is 6.73. The smallest absolute Gasteiger partial charge is 0.251 e. The van der Waals surface area contributed by atoms with E-state index < -0.39 is 9.84 Å². The van der Waals surface area contributed by atoms with E-state index in [0.29, 0.717) is 18.0 Å². The summed E-state index contributed by atoms with van der Waals surface area (Å²) in [7, 11) is -3.23. The van der Waals surface area contributed by atoms with Crippen LogP contribution >= 0.6 is 12.4 Å². The molecule has 1 saturated carbocycles. The van der Waals surface area contributed by atoms with Crippen molar-refractivity contribution in [2.75, 3.05) is 12.8 Å². The van der Waals surface area contributed by atoms with Crippen LogP contribution in [0.25, 0.3) is 0 Å². The maximum atomic E-state index is 12.1. The maximum absolute atomic E-state index is 12.1. The molecule has 0 spiro atoms. The molecule has 0 bridgehead atoms. The SMILES string of the molecule is CS(=O)(=O)c1ccc(C(=O)NC2CCCC2CN)cc1.Cl. The highest BCUT2D eigenvalue weighted by Gasteiger charge is 2.27. The van der Waals surface area contributed by atoms with E-state index in [4.69, 9.17) is 5.73 Å². The lowest BCUT2D eigenvalue weighted by Gasteiger charge is -2.19.